The van der Waals surface area contributed by atoms with Crippen LogP contribution in [0.2, 0.25) is 5.02 Å². The van der Waals surface area contributed by atoms with Crippen molar-refractivity contribution in [1.29, 1.82) is 0 Å². The summed E-state index contributed by atoms with van der Waals surface area (Å²) in [6, 6.07) is 6.35. The molecule has 0 bridgehead atoms. The van der Waals surface area contributed by atoms with Gasteiger partial charge in [-0.1, -0.05) is 24.9 Å². The molecule has 1 aliphatic heterocycles. The van der Waals surface area contributed by atoms with Gasteiger partial charge in [-0.25, -0.2) is 0 Å². The van der Waals surface area contributed by atoms with Gasteiger partial charge in [0.05, 0.1) is 7.11 Å². The third kappa shape index (κ3) is 3.91. The SMILES string of the molecule is CCCN1CCCCC1C(CN)c1cc(Cl)ccc1OC. The predicted molar refractivity (Wildman–Crippen MR) is 89.3 cm³/mol. The molecule has 1 saturated heterocycles. The minimum Gasteiger partial charge on any atom is -0.496 e. The highest BCUT2D eigenvalue weighted by Crippen LogP contribution is 2.36. The number of likely N-dealkylation sites (tertiary alicyclic amines) is 1. The first-order valence-electron chi connectivity index (χ1n) is 7.98. The Balaban J connectivity index is 2.31. The Hall–Kier alpha value is -0.770. The smallest absolute Gasteiger partial charge is 0.122 e. The van der Waals surface area contributed by atoms with Crippen molar-refractivity contribution in [1.82, 2.24) is 4.90 Å². The van der Waals surface area contributed by atoms with Crippen molar-refractivity contribution < 1.29 is 4.74 Å². The third-order valence-corrected chi connectivity index (χ3v) is 4.72. The molecule has 2 atom stereocenters. The van der Waals surface area contributed by atoms with E-state index in [0.717, 1.165) is 22.9 Å². The lowest BCUT2D eigenvalue weighted by Crippen LogP contribution is -2.45. The van der Waals surface area contributed by atoms with E-state index in [9.17, 15) is 0 Å². The van der Waals surface area contributed by atoms with Crippen molar-refractivity contribution in [2.45, 2.75) is 44.6 Å². The molecule has 0 radical (unpaired) electrons. The summed E-state index contributed by atoms with van der Waals surface area (Å²) in [4.78, 5) is 2.60. The Morgan fingerprint density at radius 3 is 2.90 bits per heavy atom. The first kappa shape index (κ1) is 16.6. The highest BCUT2D eigenvalue weighted by molar-refractivity contribution is 6.30. The van der Waals surface area contributed by atoms with Crippen LogP contribution in [0.25, 0.3) is 0 Å². The minimum atomic E-state index is 0.283. The van der Waals surface area contributed by atoms with E-state index in [0.29, 0.717) is 12.6 Å². The van der Waals surface area contributed by atoms with Gasteiger partial charge in [-0.15, -0.1) is 0 Å². The Kier molecular flexibility index (Phi) is 6.34. The minimum absolute atomic E-state index is 0.283. The summed E-state index contributed by atoms with van der Waals surface area (Å²) < 4.78 is 5.54. The van der Waals surface area contributed by atoms with Gasteiger partial charge in [0, 0.05) is 29.1 Å². The first-order valence-corrected chi connectivity index (χ1v) is 8.36. The number of nitrogens with zero attached hydrogens (tertiary/aromatic N) is 1. The summed E-state index contributed by atoms with van der Waals surface area (Å²) in [6.45, 7) is 5.19. The van der Waals surface area contributed by atoms with Crippen LogP contribution in [-0.2, 0) is 0 Å². The van der Waals surface area contributed by atoms with Gasteiger partial charge in [0.15, 0.2) is 0 Å². The summed E-state index contributed by atoms with van der Waals surface area (Å²) >= 11 is 6.20. The van der Waals surface area contributed by atoms with E-state index in [1.807, 2.05) is 18.2 Å². The Morgan fingerprint density at radius 2 is 2.24 bits per heavy atom. The third-order valence-electron chi connectivity index (χ3n) is 4.48. The Bertz CT molecular complexity index is 450. The van der Waals surface area contributed by atoms with E-state index < -0.39 is 0 Å². The normalized spacial score (nSPS) is 21.2. The molecule has 1 aliphatic rings. The van der Waals surface area contributed by atoms with Crippen LogP contribution >= 0.6 is 11.6 Å². The van der Waals surface area contributed by atoms with Gasteiger partial charge in [-0.3, -0.25) is 4.90 Å². The molecule has 2 unspecified atom stereocenters. The highest BCUT2D eigenvalue weighted by Gasteiger charge is 2.31. The summed E-state index contributed by atoms with van der Waals surface area (Å²) in [6.07, 6.45) is 4.96. The van der Waals surface area contributed by atoms with Crippen molar-refractivity contribution in [3.05, 3.63) is 28.8 Å². The van der Waals surface area contributed by atoms with Crippen molar-refractivity contribution >= 4 is 11.6 Å². The average molecular weight is 311 g/mol. The van der Waals surface area contributed by atoms with Crippen molar-refractivity contribution in [2.24, 2.45) is 5.73 Å². The fraction of sp³-hybridized carbons (Fsp3) is 0.647. The van der Waals surface area contributed by atoms with Crippen LogP contribution in [0.15, 0.2) is 18.2 Å². The molecule has 1 heterocycles. The van der Waals surface area contributed by atoms with Gasteiger partial charge in [0.1, 0.15) is 5.75 Å². The molecular formula is C17H27ClN2O. The summed E-state index contributed by atoms with van der Waals surface area (Å²) in [5.74, 6) is 1.18. The molecule has 21 heavy (non-hydrogen) atoms. The molecule has 0 aliphatic carbocycles. The molecule has 0 aromatic heterocycles. The maximum Gasteiger partial charge on any atom is 0.122 e. The maximum atomic E-state index is 6.20. The van der Waals surface area contributed by atoms with Crippen molar-refractivity contribution in [3.8, 4) is 5.75 Å². The zero-order valence-corrected chi connectivity index (χ0v) is 13.9. The second-order valence-electron chi connectivity index (χ2n) is 5.83. The maximum absolute atomic E-state index is 6.20. The van der Waals surface area contributed by atoms with Crippen molar-refractivity contribution in [3.63, 3.8) is 0 Å². The second-order valence-corrected chi connectivity index (χ2v) is 6.26. The van der Waals surface area contributed by atoms with E-state index in [4.69, 9.17) is 22.1 Å². The molecule has 4 heteroatoms. The quantitative estimate of drug-likeness (QED) is 0.871. The highest BCUT2D eigenvalue weighted by atomic mass is 35.5. The second kappa shape index (κ2) is 8.02. The van der Waals surface area contributed by atoms with Gasteiger partial charge in [0.25, 0.3) is 0 Å². The van der Waals surface area contributed by atoms with Gasteiger partial charge in [0.2, 0.25) is 0 Å². The topological polar surface area (TPSA) is 38.5 Å². The number of hydrogen-bond donors (Lipinski definition) is 1. The van der Waals surface area contributed by atoms with Crippen LogP contribution in [0.3, 0.4) is 0 Å². The number of hydrogen-bond acceptors (Lipinski definition) is 3. The first-order chi connectivity index (χ1) is 10.2. The number of ether oxygens (including phenoxy) is 1. The van der Waals surface area contributed by atoms with E-state index >= 15 is 0 Å². The Morgan fingerprint density at radius 1 is 1.43 bits per heavy atom. The van der Waals surface area contributed by atoms with E-state index in [-0.39, 0.29) is 5.92 Å². The zero-order chi connectivity index (χ0) is 15.2. The molecule has 1 aromatic carbocycles. The molecule has 1 aromatic rings. The molecule has 0 spiro atoms. The standard InChI is InChI=1S/C17H27ClN2O/c1-3-9-20-10-5-4-6-16(20)15(12-19)14-11-13(18)7-8-17(14)21-2/h7-8,11,15-16H,3-6,9-10,12,19H2,1-2H3. The summed E-state index contributed by atoms with van der Waals surface area (Å²) in [5.41, 5.74) is 7.30. The van der Waals surface area contributed by atoms with E-state index in [1.54, 1.807) is 7.11 Å². The van der Waals surface area contributed by atoms with Crippen LogP contribution in [0.5, 0.6) is 5.75 Å². The zero-order valence-electron chi connectivity index (χ0n) is 13.1. The van der Waals surface area contributed by atoms with Gasteiger partial charge < -0.3 is 10.5 Å². The Labute approximate surface area is 133 Å². The van der Waals surface area contributed by atoms with E-state index in [1.165, 1.54) is 32.2 Å². The van der Waals surface area contributed by atoms with E-state index in [2.05, 4.69) is 11.8 Å². The number of halogens is 1. The van der Waals surface area contributed by atoms with Crippen LogP contribution in [-0.4, -0.2) is 37.7 Å². The molecule has 0 amide bonds. The molecular weight excluding hydrogens is 284 g/mol. The predicted octanol–water partition coefficient (Wildman–Crippen LogP) is 3.66. The summed E-state index contributed by atoms with van der Waals surface area (Å²) in [5, 5.41) is 0.752. The fourth-order valence-corrected chi connectivity index (χ4v) is 3.70. The van der Waals surface area contributed by atoms with Crippen LogP contribution in [0.1, 0.15) is 44.1 Å². The number of benzene rings is 1. The van der Waals surface area contributed by atoms with Gasteiger partial charge in [-0.2, -0.15) is 0 Å². The molecule has 2 rings (SSSR count). The molecule has 2 N–H and O–H groups in total. The lowest BCUT2D eigenvalue weighted by atomic mass is 9.84. The molecule has 1 fully saturated rings. The number of nitrogens with two attached hydrogens (primary N) is 1. The average Bonchev–Trinajstić information content (AvgIpc) is 2.50. The molecule has 3 nitrogen and oxygen atoms in total. The van der Waals surface area contributed by atoms with Crippen molar-refractivity contribution in [2.75, 3.05) is 26.7 Å². The largest absolute Gasteiger partial charge is 0.496 e. The fourth-order valence-electron chi connectivity index (χ4n) is 3.52. The lowest BCUT2D eigenvalue weighted by molar-refractivity contribution is 0.126. The monoisotopic (exact) mass is 310 g/mol. The number of methoxy groups -OCH3 is 1. The number of piperidine rings is 1. The molecule has 118 valence electrons. The lowest BCUT2D eigenvalue weighted by Gasteiger charge is -2.40. The summed E-state index contributed by atoms with van der Waals surface area (Å²) in [7, 11) is 1.71. The molecule has 0 saturated carbocycles. The van der Waals surface area contributed by atoms with Gasteiger partial charge in [-0.05, 0) is 50.6 Å². The van der Waals surface area contributed by atoms with Crippen LogP contribution in [0.4, 0.5) is 0 Å². The number of rotatable bonds is 6. The van der Waals surface area contributed by atoms with Crippen LogP contribution < -0.4 is 10.5 Å². The van der Waals surface area contributed by atoms with Crippen LogP contribution in [0, 0.1) is 0 Å². The van der Waals surface area contributed by atoms with Gasteiger partial charge >= 0.3 is 0 Å².